The SMILES string of the molecule is CCn1cc(/C=C/C(=O)Nc2c(C)nn(Cc3cccc(C(F)(F)F)c3)c2C)cn1. The van der Waals surface area contributed by atoms with Crippen molar-refractivity contribution in [3.8, 4) is 0 Å². The zero-order valence-corrected chi connectivity index (χ0v) is 16.9. The Kier molecular flexibility index (Phi) is 6.09. The Bertz CT molecular complexity index is 1080. The number of nitrogens with one attached hydrogen (secondary N) is 1. The van der Waals surface area contributed by atoms with Crippen LogP contribution in [-0.4, -0.2) is 25.5 Å². The average Bonchev–Trinajstić information content (AvgIpc) is 3.26. The zero-order valence-electron chi connectivity index (χ0n) is 16.9. The van der Waals surface area contributed by atoms with Gasteiger partial charge in [-0.1, -0.05) is 12.1 Å². The molecule has 0 bridgehead atoms. The maximum Gasteiger partial charge on any atom is 0.416 e. The molecule has 6 nitrogen and oxygen atoms in total. The standard InChI is InChI=1S/C21H22F3N5O/c1-4-28-12-17(11-25-28)8-9-19(30)26-20-14(2)27-29(15(20)3)13-16-6-5-7-18(10-16)21(22,23)24/h5-12H,4,13H2,1-3H3,(H,26,30)/b9-8+. The number of nitrogens with zero attached hydrogens (tertiary/aromatic N) is 4. The van der Waals surface area contributed by atoms with Gasteiger partial charge >= 0.3 is 6.18 Å². The second-order valence-electron chi connectivity index (χ2n) is 6.85. The van der Waals surface area contributed by atoms with E-state index in [9.17, 15) is 18.0 Å². The Morgan fingerprint density at radius 1 is 1.27 bits per heavy atom. The Morgan fingerprint density at radius 2 is 2.03 bits per heavy atom. The molecule has 0 unspecified atom stereocenters. The normalized spacial score (nSPS) is 11.9. The van der Waals surface area contributed by atoms with E-state index in [-0.39, 0.29) is 12.5 Å². The smallest absolute Gasteiger partial charge is 0.319 e. The lowest BCUT2D eigenvalue weighted by Gasteiger charge is -2.10. The molecule has 9 heteroatoms. The Hall–Kier alpha value is -3.36. The topological polar surface area (TPSA) is 64.7 Å². The predicted octanol–water partition coefficient (Wildman–Crippen LogP) is 4.44. The van der Waals surface area contributed by atoms with Gasteiger partial charge in [-0.05, 0) is 44.5 Å². The summed E-state index contributed by atoms with van der Waals surface area (Å²) in [6.07, 6.45) is 2.15. The van der Waals surface area contributed by atoms with E-state index < -0.39 is 11.7 Å². The number of rotatable bonds is 6. The van der Waals surface area contributed by atoms with Crippen LogP contribution in [0.5, 0.6) is 0 Å². The summed E-state index contributed by atoms with van der Waals surface area (Å²) in [5.41, 5.74) is 2.36. The fourth-order valence-corrected chi connectivity index (χ4v) is 3.03. The number of alkyl halides is 3. The van der Waals surface area contributed by atoms with Gasteiger partial charge in [0.15, 0.2) is 0 Å². The molecule has 0 radical (unpaired) electrons. The Balaban J connectivity index is 1.73. The lowest BCUT2D eigenvalue weighted by Crippen LogP contribution is -2.10. The van der Waals surface area contributed by atoms with Gasteiger partial charge < -0.3 is 5.32 Å². The van der Waals surface area contributed by atoms with Crippen molar-refractivity contribution in [2.24, 2.45) is 0 Å². The van der Waals surface area contributed by atoms with Gasteiger partial charge in [-0.15, -0.1) is 0 Å². The first-order valence-corrected chi connectivity index (χ1v) is 9.39. The third-order valence-corrected chi connectivity index (χ3v) is 4.62. The second kappa shape index (κ2) is 8.56. The van der Waals surface area contributed by atoms with Crippen molar-refractivity contribution in [3.05, 3.63) is 70.8 Å². The number of hydrogen-bond donors (Lipinski definition) is 1. The Morgan fingerprint density at radius 3 is 2.70 bits per heavy atom. The van der Waals surface area contributed by atoms with E-state index in [2.05, 4.69) is 15.5 Å². The van der Waals surface area contributed by atoms with Crippen LogP contribution < -0.4 is 5.32 Å². The molecule has 1 aromatic carbocycles. The summed E-state index contributed by atoms with van der Waals surface area (Å²) >= 11 is 0. The number of halogens is 3. The highest BCUT2D eigenvalue weighted by Crippen LogP contribution is 2.30. The van der Waals surface area contributed by atoms with E-state index in [1.807, 2.05) is 13.1 Å². The summed E-state index contributed by atoms with van der Waals surface area (Å²) in [5.74, 6) is -0.330. The van der Waals surface area contributed by atoms with Crippen molar-refractivity contribution >= 4 is 17.7 Å². The van der Waals surface area contributed by atoms with Gasteiger partial charge in [0.2, 0.25) is 5.91 Å². The number of carbonyl (C=O) groups is 1. The molecule has 0 saturated heterocycles. The summed E-state index contributed by atoms with van der Waals surface area (Å²) in [6.45, 7) is 6.37. The van der Waals surface area contributed by atoms with Gasteiger partial charge in [0.25, 0.3) is 0 Å². The molecule has 2 aromatic heterocycles. The summed E-state index contributed by atoms with van der Waals surface area (Å²) in [4.78, 5) is 12.3. The minimum absolute atomic E-state index is 0.165. The molecule has 1 amide bonds. The van der Waals surface area contributed by atoms with Crippen molar-refractivity contribution in [2.75, 3.05) is 5.32 Å². The number of benzene rings is 1. The van der Waals surface area contributed by atoms with Crippen LogP contribution in [-0.2, 0) is 24.1 Å². The van der Waals surface area contributed by atoms with Crippen LogP contribution in [0.15, 0.2) is 42.7 Å². The van der Waals surface area contributed by atoms with Gasteiger partial charge in [-0.2, -0.15) is 23.4 Å². The van der Waals surface area contributed by atoms with Gasteiger partial charge in [0.05, 0.1) is 35.4 Å². The molecule has 0 aliphatic carbocycles. The molecular weight excluding hydrogens is 395 g/mol. The quantitative estimate of drug-likeness (QED) is 0.604. The lowest BCUT2D eigenvalue weighted by atomic mass is 10.1. The van der Waals surface area contributed by atoms with E-state index in [4.69, 9.17) is 0 Å². The van der Waals surface area contributed by atoms with Crippen LogP contribution in [0.1, 0.15) is 35.0 Å². The molecule has 0 spiro atoms. The van der Waals surface area contributed by atoms with Gasteiger partial charge in [0.1, 0.15) is 0 Å². The minimum Gasteiger partial charge on any atom is -0.319 e. The maximum atomic E-state index is 12.9. The van der Waals surface area contributed by atoms with Crippen molar-refractivity contribution < 1.29 is 18.0 Å². The molecule has 2 heterocycles. The second-order valence-corrected chi connectivity index (χ2v) is 6.85. The first kappa shape index (κ1) is 21.4. The number of anilines is 1. The maximum absolute atomic E-state index is 12.9. The molecule has 30 heavy (non-hydrogen) atoms. The van der Waals surface area contributed by atoms with Gasteiger partial charge in [-0.3, -0.25) is 14.2 Å². The van der Waals surface area contributed by atoms with Gasteiger partial charge in [-0.25, -0.2) is 0 Å². The Labute approximate surface area is 172 Å². The number of aryl methyl sites for hydroxylation is 2. The molecule has 0 fully saturated rings. The van der Waals surface area contributed by atoms with E-state index >= 15 is 0 Å². The third-order valence-electron chi connectivity index (χ3n) is 4.62. The average molecular weight is 417 g/mol. The molecule has 3 aromatic rings. The number of aromatic nitrogens is 4. The van der Waals surface area contributed by atoms with E-state index in [1.165, 1.54) is 12.1 Å². The van der Waals surface area contributed by atoms with E-state index in [0.717, 1.165) is 24.2 Å². The molecule has 1 N–H and O–H groups in total. The molecule has 3 rings (SSSR count). The largest absolute Gasteiger partial charge is 0.416 e. The van der Waals surface area contributed by atoms with Crippen molar-refractivity contribution in [1.29, 1.82) is 0 Å². The highest BCUT2D eigenvalue weighted by atomic mass is 19.4. The number of hydrogen-bond acceptors (Lipinski definition) is 3. The fraction of sp³-hybridized carbons (Fsp3) is 0.286. The zero-order chi connectivity index (χ0) is 21.9. The van der Waals surface area contributed by atoms with Gasteiger partial charge in [0, 0.05) is 24.4 Å². The molecule has 0 aliphatic rings. The van der Waals surface area contributed by atoms with Crippen LogP contribution >= 0.6 is 0 Å². The predicted molar refractivity (Wildman–Crippen MR) is 108 cm³/mol. The van der Waals surface area contributed by atoms with Crippen molar-refractivity contribution in [2.45, 2.75) is 40.0 Å². The van der Waals surface area contributed by atoms with Crippen LogP contribution in [0, 0.1) is 13.8 Å². The monoisotopic (exact) mass is 417 g/mol. The summed E-state index contributed by atoms with van der Waals surface area (Å²) in [7, 11) is 0. The molecular formula is C21H22F3N5O. The minimum atomic E-state index is -4.40. The summed E-state index contributed by atoms with van der Waals surface area (Å²) < 4.78 is 42.1. The highest BCUT2D eigenvalue weighted by Gasteiger charge is 2.30. The van der Waals surface area contributed by atoms with Crippen molar-refractivity contribution in [3.63, 3.8) is 0 Å². The summed E-state index contributed by atoms with van der Waals surface area (Å²) in [6, 6.07) is 5.13. The molecule has 0 aliphatic heterocycles. The van der Waals surface area contributed by atoms with Crippen LogP contribution in [0.4, 0.5) is 18.9 Å². The summed E-state index contributed by atoms with van der Waals surface area (Å²) in [5, 5.41) is 11.3. The first-order valence-electron chi connectivity index (χ1n) is 9.39. The van der Waals surface area contributed by atoms with Crippen LogP contribution in [0.25, 0.3) is 6.08 Å². The fourth-order valence-electron chi connectivity index (χ4n) is 3.03. The molecule has 0 saturated carbocycles. The molecule has 158 valence electrons. The molecule has 0 atom stereocenters. The van der Waals surface area contributed by atoms with Crippen LogP contribution in [0.2, 0.25) is 0 Å². The first-order chi connectivity index (χ1) is 14.2. The number of carbonyl (C=O) groups excluding carboxylic acids is 1. The van der Waals surface area contributed by atoms with E-state index in [1.54, 1.807) is 41.6 Å². The van der Waals surface area contributed by atoms with Crippen molar-refractivity contribution in [1.82, 2.24) is 19.6 Å². The lowest BCUT2D eigenvalue weighted by molar-refractivity contribution is -0.137. The van der Waals surface area contributed by atoms with Crippen LogP contribution in [0.3, 0.4) is 0 Å². The number of amides is 1. The highest BCUT2D eigenvalue weighted by molar-refractivity contribution is 6.02. The third kappa shape index (κ3) is 4.97. The van der Waals surface area contributed by atoms with E-state index in [0.29, 0.717) is 22.6 Å².